The minimum absolute atomic E-state index is 0.428. The van der Waals surface area contributed by atoms with Gasteiger partial charge in [0.2, 0.25) is 0 Å². The van der Waals surface area contributed by atoms with Gasteiger partial charge in [0.25, 0.3) is 0 Å². The molecule has 0 radical (unpaired) electrons. The molecule has 2 fully saturated rings. The van der Waals surface area contributed by atoms with Gasteiger partial charge in [-0.3, -0.25) is 4.84 Å². The van der Waals surface area contributed by atoms with Crippen molar-refractivity contribution in [2.24, 2.45) is 17.7 Å². The highest BCUT2D eigenvalue weighted by atomic mass is 16.8. The van der Waals surface area contributed by atoms with Crippen molar-refractivity contribution >= 4 is 0 Å². The van der Waals surface area contributed by atoms with Crippen molar-refractivity contribution < 1.29 is 9.57 Å². The lowest BCUT2D eigenvalue weighted by atomic mass is 9.94. The Morgan fingerprint density at radius 1 is 1.45 bits per heavy atom. The van der Waals surface area contributed by atoms with Gasteiger partial charge in [0.05, 0.1) is 0 Å². The van der Waals surface area contributed by atoms with E-state index in [1.807, 2.05) is 0 Å². The summed E-state index contributed by atoms with van der Waals surface area (Å²) in [6.45, 7) is 0. The van der Waals surface area contributed by atoms with Gasteiger partial charge in [0.15, 0.2) is 5.79 Å². The van der Waals surface area contributed by atoms with Crippen LogP contribution in [0.25, 0.3) is 0 Å². The lowest BCUT2D eigenvalue weighted by molar-refractivity contribution is -0.253. The maximum atomic E-state index is 5.33. The minimum atomic E-state index is -0.428. The zero-order valence-corrected chi connectivity index (χ0v) is 6.88. The number of ether oxygens (including phenoxy) is 1. The zero-order valence-electron chi connectivity index (χ0n) is 6.88. The second-order valence-corrected chi connectivity index (χ2v) is 3.71. The molecule has 2 N–H and O–H groups in total. The fourth-order valence-electron chi connectivity index (χ4n) is 2.67. The molecule has 3 heteroatoms. The van der Waals surface area contributed by atoms with Crippen molar-refractivity contribution in [3.05, 3.63) is 0 Å². The van der Waals surface area contributed by atoms with Gasteiger partial charge in [0.1, 0.15) is 0 Å². The molecule has 3 atom stereocenters. The lowest BCUT2D eigenvalue weighted by Crippen LogP contribution is -2.42. The molecule has 2 rings (SSSR count). The summed E-state index contributed by atoms with van der Waals surface area (Å²) in [6, 6.07) is 0. The molecule has 0 aliphatic heterocycles. The van der Waals surface area contributed by atoms with Crippen molar-refractivity contribution in [3.63, 3.8) is 0 Å². The van der Waals surface area contributed by atoms with E-state index in [4.69, 9.17) is 15.5 Å². The quantitative estimate of drug-likeness (QED) is 0.481. The van der Waals surface area contributed by atoms with Crippen LogP contribution in [-0.2, 0) is 9.57 Å². The maximum Gasteiger partial charge on any atom is 0.189 e. The van der Waals surface area contributed by atoms with Gasteiger partial charge in [-0.2, -0.15) is 0 Å². The molecular formula is C8H15NO2. The SMILES string of the molecule is COC1(ON)CC2CCC1C2. The summed E-state index contributed by atoms with van der Waals surface area (Å²) < 4.78 is 5.33. The summed E-state index contributed by atoms with van der Waals surface area (Å²) in [5.41, 5.74) is 0. The first-order valence-corrected chi connectivity index (χ1v) is 4.24. The van der Waals surface area contributed by atoms with Crippen molar-refractivity contribution in [2.75, 3.05) is 7.11 Å². The predicted octanol–water partition coefficient (Wildman–Crippen LogP) is 1.04. The predicted molar refractivity (Wildman–Crippen MR) is 40.5 cm³/mol. The summed E-state index contributed by atoms with van der Waals surface area (Å²) in [5, 5.41) is 0. The van der Waals surface area contributed by atoms with Gasteiger partial charge in [-0.15, -0.1) is 0 Å². The van der Waals surface area contributed by atoms with Gasteiger partial charge in [-0.1, -0.05) is 0 Å². The summed E-state index contributed by atoms with van der Waals surface area (Å²) in [4.78, 5) is 4.96. The third-order valence-corrected chi connectivity index (χ3v) is 3.28. The third kappa shape index (κ3) is 0.916. The molecule has 2 aliphatic carbocycles. The standard InChI is InChI=1S/C8H15NO2/c1-10-8(11-9)5-6-2-3-7(8)4-6/h6-7H,2-5,9H2,1H3. The monoisotopic (exact) mass is 157 g/mol. The fourth-order valence-corrected chi connectivity index (χ4v) is 2.67. The van der Waals surface area contributed by atoms with Crippen molar-refractivity contribution in [2.45, 2.75) is 31.5 Å². The van der Waals surface area contributed by atoms with E-state index in [1.165, 1.54) is 19.3 Å². The van der Waals surface area contributed by atoms with Gasteiger partial charge >= 0.3 is 0 Å². The molecule has 0 aromatic heterocycles. The summed E-state index contributed by atoms with van der Waals surface area (Å²) >= 11 is 0. The highest BCUT2D eigenvalue weighted by molar-refractivity contribution is 4.96. The topological polar surface area (TPSA) is 44.5 Å². The lowest BCUT2D eigenvalue weighted by Gasteiger charge is -2.33. The molecular weight excluding hydrogens is 142 g/mol. The third-order valence-electron chi connectivity index (χ3n) is 3.28. The first-order valence-electron chi connectivity index (χ1n) is 4.24. The van der Waals surface area contributed by atoms with Gasteiger partial charge in [0, 0.05) is 19.4 Å². The molecule has 64 valence electrons. The van der Waals surface area contributed by atoms with Crippen LogP contribution in [-0.4, -0.2) is 12.9 Å². The largest absolute Gasteiger partial charge is 0.351 e. The number of hydrogen-bond acceptors (Lipinski definition) is 3. The average Bonchev–Trinajstić information content (AvgIpc) is 2.62. The second kappa shape index (κ2) is 2.44. The van der Waals surface area contributed by atoms with Crippen LogP contribution in [0.1, 0.15) is 25.7 Å². The van der Waals surface area contributed by atoms with E-state index >= 15 is 0 Å². The van der Waals surface area contributed by atoms with Gasteiger partial charge in [-0.25, -0.2) is 5.90 Å². The zero-order chi connectivity index (χ0) is 7.90. The van der Waals surface area contributed by atoms with E-state index in [0.717, 1.165) is 12.3 Å². The van der Waals surface area contributed by atoms with Crippen molar-refractivity contribution in [1.29, 1.82) is 0 Å². The normalized spacial score (nSPS) is 48.5. The molecule has 2 bridgehead atoms. The smallest absolute Gasteiger partial charge is 0.189 e. The Balaban J connectivity index is 2.14. The molecule has 0 amide bonds. The molecule has 0 aromatic carbocycles. The Bertz CT molecular complexity index is 156. The molecule has 3 unspecified atom stereocenters. The molecule has 0 aromatic rings. The molecule has 0 saturated heterocycles. The van der Waals surface area contributed by atoms with Crippen LogP contribution in [0.3, 0.4) is 0 Å². The molecule has 2 saturated carbocycles. The van der Waals surface area contributed by atoms with Crippen molar-refractivity contribution in [1.82, 2.24) is 0 Å². The Labute approximate surface area is 66.8 Å². The van der Waals surface area contributed by atoms with E-state index < -0.39 is 5.79 Å². The first kappa shape index (κ1) is 7.53. The first-order chi connectivity index (χ1) is 5.30. The fraction of sp³-hybridized carbons (Fsp3) is 1.00. The van der Waals surface area contributed by atoms with Gasteiger partial charge in [-0.05, 0) is 25.2 Å². The summed E-state index contributed by atoms with van der Waals surface area (Å²) in [6.07, 6.45) is 4.78. The van der Waals surface area contributed by atoms with Gasteiger partial charge < -0.3 is 4.74 Å². The van der Waals surface area contributed by atoms with Crippen LogP contribution < -0.4 is 5.90 Å². The minimum Gasteiger partial charge on any atom is -0.351 e. The maximum absolute atomic E-state index is 5.33. The molecule has 0 spiro atoms. The highest BCUT2D eigenvalue weighted by Crippen LogP contribution is 2.52. The summed E-state index contributed by atoms with van der Waals surface area (Å²) in [7, 11) is 1.69. The van der Waals surface area contributed by atoms with Crippen LogP contribution in [0.5, 0.6) is 0 Å². The van der Waals surface area contributed by atoms with Crippen LogP contribution in [0.4, 0.5) is 0 Å². The molecule has 11 heavy (non-hydrogen) atoms. The number of fused-ring (bicyclic) bond motifs is 2. The number of rotatable bonds is 2. The van der Waals surface area contributed by atoms with E-state index in [-0.39, 0.29) is 0 Å². The average molecular weight is 157 g/mol. The summed E-state index contributed by atoms with van der Waals surface area (Å²) in [5.74, 6) is 6.15. The number of methoxy groups -OCH3 is 1. The van der Waals surface area contributed by atoms with E-state index in [9.17, 15) is 0 Å². The van der Waals surface area contributed by atoms with E-state index in [2.05, 4.69) is 0 Å². The number of nitrogens with two attached hydrogens (primary N) is 1. The second-order valence-electron chi connectivity index (χ2n) is 3.71. The van der Waals surface area contributed by atoms with E-state index in [1.54, 1.807) is 7.11 Å². The molecule has 2 aliphatic rings. The Morgan fingerprint density at radius 3 is 2.55 bits per heavy atom. The number of hydrogen-bond donors (Lipinski definition) is 1. The Hall–Kier alpha value is -0.120. The Kier molecular flexibility index (Phi) is 1.67. The molecule has 0 heterocycles. The Morgan fingerprint density at radius 2 is 2.27 bits per heavy atom. The van der Waals surface area contributed by atoms with Crippen LogP contribution in [0.2, 0.25) is 0 Å². The van der Waals surface area contributed by atoms with Crippen LogP contribution in [0, 0.1) is 11.8 Å². The van der Waals surface area contributed by atoms with E-state index in [0.29, 0.717) is 5.92 Å². The van der Waals surface area contributed by atoms with Crippen molar-refractivity contribution in [3.8, 4) is 0 Å². The van der Waals surface area contributed by atoms with Crippen LogP contribution in [0.15, 0.2) is 0 Å². The van der Waals surface area contributed by atoms with Crippen LogP contribution >= 0.6 is 0 Å². The molecule has 3 nitrogen and oxygen atoms in total. The highest BCUT2D eigenvalue weighted by Gasteiger charge is 2.52.